The minimum absolute atomic E-state index is 0.0873. The van der Waals surface area contributed by atoms with Gasteiger partial charge in [0.25, 0.3) is 5.69 Å². The van der Waals surface area contributed by atoms with Gasteiger partial charge in [-0.05, 0) is 38.3 Å². The summed E-state index contributed by atoms with van der Waals surface area (Å²) in [5, 5.41) is 20.3. The number of ether oxygens (including phenoxy) is 1. The van der Waals surface area contributed by atoms with Gasteiger partial charge < -0.3 is 9.84 Å². The summed E-state index contributed by atoms with van der Waals surface area (Å²) in [7, 11) is 0. The van der Waals surface area contributed by atoms with E-state index in [-0.39, 0.29) is 11.8 Å². The van der Waals surface area contributed by atoms with E-state index in [0.29, 0.717) is 11.3 Å². The van der Waals surface area contributed by atoms with Crippen LogP contribution in [0.3, 0.4) is 0 Å². The lowest BCUT2D eigenvalue weighted by Gasteiger charge is -2.17. The molecule has 0 heterocycles. The van der Waals surface area contributed by atoms with Crippen molar-refractivity contribution in [3.8, 4) is 5.75 Å². The monoisotopic (exact) mass is 237 g/mol. The quantitative estimate of drug-likeness (QED) is 0.646. The highest BCUT2D eigenvalue weighted by atomic mass is 16.6. The minimum Gasteiger partial charge on any atom is -0.488 e. The van der Waals surface area contributed by atoms with Crippen molar-refractivity contribution in [1.82, 2.24) is 0 Å². The summed E-state index contributed by atoms with van der Waals surface area (Å²) in [6.45, 7) is 1.68. The molecule has 1 aromatic rings. The van der Waals surface area contributed by atoms with E-state index < -0.39 is 11.0 Å². The normalized spacial score (nSPS) is 23.6. The Hall–Kier alpha value is -1.62. The number of aliphatic hydroxyl groups excluding tert-OH is 1. The molecule has 0 amide bonds. The summed E-state index contributed by atoms with van der Waals surface area (Å²) in [5.74, 6) is 0.582. The molecule has 0 radical (unpaired) electrons. The molecule has 5 heteroatoms. The fourth-order valence-corrected chi connectivity index (χ4v) is 2.12. The topological polar surface area (TPSA) is 72.6 Å². The van der Waals surface area contributed by atoms with Crippen LogP contribution < -0.4 is 4.74 Å². The molecule has 1 saturated carbocycles. The van der Waals surface area contributed by atoms with Gasteiger partial charge in [0.15, 0.2) is 0 Å². The highest BCUT2D eigenvalue weighted by Gasteiger charge is 2.27. The number of rotatable bonds is 3. The molecule has 1 aliphatic rings. The maximum Gasteiger partial charge on any atom is 0.272 e. The summed E-state index contributed by atoms with van der Waals surface area (Å²) in [6.07, 6.45) is 1.94. The lowest BCUT2D eigenvalue weighted by Crippen LogP contribution is -2.25. The van der Waals surface area contributed by atoms with E-state index in [4.69, 9.17) is 4.74 Å². The van der Waals surface area contributed by atoms with Crippen LogP contribution >= 0.6 is 0 Å². The Morgan fingerprint density at radius 2 is 2.24 bits per heavy atom. The number of hydrogen-bond acceptors (Lipinski definition) is 4. The smallest absolute Gasteiger partial charge is 0.272 e. The third-order valence-corrected chi connectivity index (χ3v) is 3.07. The van der Waals surface area contributed by atoms with Gasteiger partial charge in [-0.3, -0.25) is 10.1 Å². The number of hydrogen-bond donors (Lipinski definition) is 1. The van der Waals surface area contributed by atoms with Crippen molar-refractivity contribution < 1.29 is 14.8 Å². The Bertz CT molecular complexity index is 433. The molecule has 0 saturated heterocycles. The van der Waals surface area contributed by atoms with E-state index in [1.165, 1.54) is 6.07 Å². The molecular weight excluding hydrogens is 222 g/mol. The zero-order valence-corrected chi connectivity index (χ0v) is 9.63. The SMILES string of the molecule is Cc1cc(O[C@H]2CCC[C@@H]2O)ccc1[N+](=O)[O-]. The largest absolute Gasteiger partial charge is 0.488 e. The first-order valence-corrected chi connectivity index (χ1v) is 5.67. The van der Waals surface area contributed by atoms with Gasteiger partial charge in [0.1, 0.15) is 11.9 Å². The van der Waals surface area contributed by atoms with Crippen molar-refractivity contribution >= 4 is 5.69 Å². The Labute approximate surface area is 99.2 Å². The lowest BCUT2D eigenvalue weighted by molar-refractivity contribution is -0.385. The van der Waals surface area contributed by atoms with Crippen molar-refractivity contribution in [2.45, 2.75) is 38.4 Å². The molecule has 0 aromatic heterocycles. The lowest BCUT2D eigenvalue weighted by atomic mass is 10.2. The van der Waals surface area contributed by atoms with E-state index in [1.807, 2.05) is 0 Å². The molecular formula is C12H15NO4. The third-order valence-electron chi connectivity index (χ3n) is 3.07. The zero-order chi connectivity index (χ0) is 12.4. The van der Waals surface area contributed by atoms with E-state index in [9.17, 15) is 15.2 Å². The van der Waals surface area contributed by atoms with Gasteiger partial charge in [-0.15, -0.1) is 0 Å². The van der Waals surface area contributed by atoms with Crippen LogP contribution in [0.5, 0.6) is 5.75 Å². The number of nitro groups is 1. The molecule has 1 aromatic carbocycles. The van der Waals surface area contributed by atoms with Crippen molar-refractivity contribution in [2.75, 3.05) is 0 Å². The molecule has 1 aliphatic carbocycles. The van der Waals surface area contributed by atoms with E-state index in [1.54, 1.807) is 19.1 Å². The second-order valence-corrected chi connectivity index (χ2v) is 4.36. The fourth-order valence-electron chi connectivity index (χ4n) is 2.12. The van der Waals surface area contributed by atoms with E-state index in [2.05, 4.69) is 0 Å². The van der Waals surface area contributed by atoms with Crippen LogP contribution in [0.25, 0.3) is 0 Å². The number of aryl methyl sites for hydroxylation is 1. The Morgan fingerprint density at radius 3 is 2.76 bits per heavy atom. The second kappa shape index (κ2) is 4.71. The summed E-state index contributed by atoms with van der Waals surface area (Å²) in [5.41, 5.74) is 0.657. The van der Waals surface area contributed by atoms with Crippen LogP contribution in [0, 0.1) is 17.0 Å². The van der Waals surface area contributed by atoms with Gasteiger partial charge in [0.2, 0.25) is 0 Å². The van der Waals surface area contributed by atoms with Gasteiger partial charge >= 0.3 is 0 Å². The summed E-state index contributed by atoms with van der Waals surface area (Å²) >= 11 is 0. The number of nitro benzene ring substituents is 1. The standard InChI is InChI=1S/C12H15NO4/c1-8-7-9(5-6-10(8)13(15)16)17-12-4-2-3-11(12)14/h5-7,11-12,14H,2-4H2,1H3/t11-,12-/m0/s1. The molecule has 2 rings (SSSR count). The van der Waals surface area contributed by atoms with Crippen molar-refractivity contribution in [3.05, 3.63) is 33.9 Å². The molecule has 0 spiro atoms. The Morgan fingerprint density at radius 1 is 1.47 bits per heavy atom. The molecule has 17 heavy (non-hydrogen) atoms. The first kappa shape index (κ1) is 11.9. The molecule has 0 unspecified atom stereocenters. The minimum atomic E-state index is -0.425. The first-order valence-electron chi connectivity index (χ1n) is 5.67. The highest BCUT2D eigenvalue weighted by Crippen LogP contribution is 2.28. The zero-order valence-electron chi connectivity index (χ0n) is 9.63. The molecule has 0 bridgehead atoms. The van der Waals surface area contributed by atoms with Crippen LogP contribution in [-0.4, -0.2) is 22.2 Å². The summed E-state index contributed by atoms with van der Waals surface area (Å²) < 4.78 is 5.63. The molecule has 0 aliphatic heterocycles. The van der Waals surface area contributed by atoms with Gasteiger partial charge in [-0.1, -0.05) is 0 Å². The second-order valence-electron chi connectivity index (χ2n) is 4.36. The first-order chi connectivity index (χ1) is 8.08. The average molecular weight is 237 g/mol. The van der Waals surface area contributed by atoms with Gasteiger partial charge in [-0.2, -0.15) is 0 Å². The van der Waals surface area contributed by atoms with Crippen molar-refractivity contribution in [2.24, 2.45) is 0 Å². The highest BCUT2D eigenvalue weighted by molar-refractivity contribution is 5.44. The third kappa shape index (κ3) is 2.55. The van der Waals surface area contributed by atoms with E-state index in [0.717, 1.165) is 19.3 Å². The molecule has 1 N–H and O–H groups in total. The van der Waals surface area contributed by atoms with Crippen LogP contribution in [0.15, 0.2) is 18.2 Å². The van der Waals surface area contributed by atoms with E-state index >= 15 is 0 Å². The molecule has 92 valence electrons. The van der Waals surface area contributed by atoms with Crippen molar-refractivity contribution in [3.63, 3.8) is 0 Å². The predicted molar refractivity (Wildman–Crippen MR) is 62.1 cm³/mol. The predicted octanol–water partition coefficient (Wildman–Crippen LogP) is 2.20. The number of benzene rings is 1. The summed E-state index contributed by atoms with van der Waals surface area (Å²) in [6, 6.07) is 4.66. The Kier molecular flexibility index (Phi) is 3.28. The number of nitrogens with zero attached hydrogens (tertiary/aromatic N) is 1. The van der Waals surface area contributed by atoms with Crippen LogP contribution in [0.1, 0.15) is 24.8 Å². The average Bonchev–Trinajstić information content (AvgIpc) is 2.64. The Balaban J connectivity index is 2.12. The molecule has 1 fully saturated rings. The molecule has 2 atom stereocenters. The molecule has 5 nitrogen and oxygen atoms in total. The van der Waals surface area contributed by atoms with Gasteiger partial charge in [0, 0.05) is 11.6 Å². The fraction of sp³-hybridized carbons (Fsp3) is 0.500. The van der Waals surface area contributed by atoms with Crippen LogP contribution in [0.2, 0.25) is 0 Å². The summed E-state index contributed by atoms with van der Waals surface area (Å²) in [4.78, 5) is 10.2. The number of aliphatic hydroxyl groups is 1. The van der Waals surface area contributed by atoms with Crippen LogP contribution in [0.4, 0.5) is 5.69 Å². The van der Waals surface area contributed by atoms with Crippen LogP contribution in [-0.2, 0) is 0 Å². The maximum atomic E-state index is 10.7. The van der Waals surface area contributed by atoms with Gasteiger partial charge in [-0.25, -0.2) is 0 Å². The van der Waals surface area contributed by atoms with Crippen molar-refractivity contribution in [1.29, 1.82) is 0 Å². The van der Waals surface area contributed by atoms with Gasteiger partial charge in [0.05, 0.1) is 11.0 Å². The maximum absolute atomic E-state index is 10.7.